The van der Waals surface area contributed by atoms with Crippen molar-refractivity contribution in [2.75, 3.05) is 64.7 Å². The van der Waals surface area contributed by atoms with E-state index >= 15 is 0 Å². The van der Waals surface area contributed by atoms with Crippen molar-refractivity contribution in [2.45, 2.75) is 63.1 Å². The SMILES string of the molecule is Cc1cc(C[C@@H](NC(=O)N2CCC[C@]3(CC2)OC(=O)Nc2ncccc23)C(=O)N2CCN(C3CCN(C)CC3)CC2)cc2cn[nH]c12. The fourth-order valence-corrected chi connectivity index (χ4v) is 7.90. The van der Waals surface area contributed by atoms with Crippen LogP contribution in [0.5, 0.6) is 0 Å². The van der Waals surface area contributed by atoms with E-state index in [0.29, 0.717) is 63.7 Å². The molecule has 4 aliphatic heterocycles. The normalized spacial score (nSPS) is 23.6. The molecule has 47 heavy (non-hydrogen) atoms. The number of anilines is 1. The fourth-order valence-electron chi connectivity index (χ4n) is 7.90. The summed E-state index contributed by atoms with van der Waals surface area (Å²) in [6, 6.07) is 7.44. The highest BCUT2D eigenvalue weighted by atomic mass is 16.6. The first-order valence-corrected chi connectivity index (χ1v) is 16.9. The molecule has 6 heterocycles. The van der Waals surface area contributed by atoms with E-state index in [-0.39, 0.29) is 11.9 Å². The van der Waals surface area contributed by atoms with Gasteiger partial charge in [0.25, 0.3) is 0 Å². The summed E-state index contributed by atoms with van der Waals surface area (Å²) in [5.41, 5.74) is 2.98. The number of aromatic amines is 1. The highest BCUT2D eigenvalue weighted by molar-refractivity contribution is 5.89. The maximum atomic E-state index is 14.2. The zero-order valence-electron chi connectivity index (χ0n) is 27.3. The zero-order valence-corrected chi connectivity index (χ0v) is 27.3. The Morgan fingerprint density at radius 3 is 2.68 bits per heavy atom. The van der Waals surface area contributed by atoms with Crippen LogP contribution in [0.25, 0.3) is 10.9 Å². The van der Waals surface area contributed by atoms with Crippen molar-refractivity contribution in [3.63, 3.8) is 0 Å². The van der Waals surface area contributed by atoms with E-state index < -0.39 is 17.7 Å². The first-order chi connectivity index (χ1) is 22.8. The lowest BCUT2D eigenvalue weighted by molar-refractivity contribution is -0.135. The molecule has 0 saturated carbocycles. The van der Waals surface area contributed by atoms with Crippen LogP contribution in [0, 0.1) is 6.92 Å². The lowest BCUT2D eigenvalue weighted by Gasteiger charge is -2.43. The Balaban J connectivity index is 1.06. The van der Waals surface area contributed by atoms with Gasteiger partial charge in [-0.1, -0.05) is 6.07 Å². The minimum Gasteiger partial charge on any atom is -0.438 e. The second-order valence-corrected chi connectivity index (χ2v) is 13.6. The molecule has 4 amide bonds. The molecule has 250 valence electrons. The number of amides is 4. The number of piperazine rings is 1. The molecule has 13 nitrogen and oxygen atoms in total. The molecule has 1 aromatic carbocycles. The summed E-state index contributed by atoms with van der Waals surface area (Å²) in [5.74, 6) is 0.456. The number of piperidine rings is 1. The van der Waals surface area contributed by atoms with Crippen molar-refractivity contribution in [1.29, 1.82) is 0 Å². The minimum absolute atomic E-state index is 0.0510. The third-order valence-electron chi connectivity index (χ3n) is 10.6. The maximum Gasteiger partial charge on any atom is 0.413 e. The van der Waals surface area contributed by atoms with Crippen LogP contribution < -0.4 is 10.6 Å². The first kappa shape index (κ1) is 31.4. The van der Waals surface area contributed by atoms with Crippen LogP contribution in [0.1, 0.15) is 48.8 Å². The number of H-pyrrole nitrogens is 1. The first-order valence-electron chi connectivity index (χ1n) is 16.9. The zero-order chi connectivity index (χ0) is 32.5. The van der Waals surface area contributed by atoms with Gasteiger partial charge >= 0.3 is 12.1 Å². The van der Waals surface area contributed by atoms with E-state index in [0.717, 1.165) is 66.6 Å². The number of pyridine rings is 1. The summed E-state index contributed by atoms with van der Waals surface area (Å²) in [5, 5.41) is 14.1. The molecule has 4 aliphatic rings. The van der Waals surface area contributed by atoms with Gasteiger partial charge in [0.1, 0.15) is 17.5 Å². The molecule has 13 heteroatoms. The summed E-state index contributed by atoms with van der Waals surface area (Å²) in [7, 11) is 2.18. The number of benzene rings is 1. The van der Waals surface area contributed by atoms with Crippen molar-refractivity contribution in [1.82, 2.24) is 40.1 Å². The summed E-state index contributed by atoms with van der Waals surface area (Å²) in [6.45, 7) is 8.10. The van der Waals surface area contributed by atoms with E-state index in [2.05, 4.69) is 48.7 Å². The van der Waals surface area contributed by atoms with Crippen LogP contribution in [0.2, 0.25) is 0 Å². The number of rotatable bonds is 5. The molecule has 7 rings (SSSR count). The third-order valence-corrected chi connectivity index (χ3v) is 10.6. The average molecular weight is 644 g/mol. The van der Waals surface area contributed by atoms with Gasteiger partial charge in [-0.05, 0) is 82.1 Å². The van der Waals surface area contributed by atoms with Crippen LogP contribution in [-0.2, 0) is 21.6 Å². The summed E-state index contributed by atoms with van der Waals surface area (Å²) < 4.78 is 5.90. The molecule has 0 radical (unpaired) electrons. The summed E-state index contributed by atoms with van der Waals surface area (Å²) in [6.07, 6.45) is 7.27. The summed E-state index contributed by atoms with van der Waals surface area (Å²) >= 11 is 0. The number of hydrogen-bond donors (Lipinski definition) is 3. The number of hydrogen-bond acceptors (Lipinski definition) is 8. The number of urea groups is 1. The molecule has 3 fully saturated rings. The second-order valence-electron chi connectivity index (χ2n) is 13.6. The van der Waals surface area contributed by atoms with Gasteiger partial charge in [-0.25, -0.2) is 14.6 Å². The van der Waals surface area contributed by atoms with Crippen LogP contribution in [0.15, 0.2) is 36.7 Å². The van der Waals surface area contributed by atoms with Crippen molar-refractivity contribution < 1.29 is 19.1 Å². The highest BCUT2D eigenvalue weighted by Gasteiger charge is 2.44. The van der Waals surface area contributed by atoms with Crippen LogP contribution in [0.3, 0.4) is 0 Å². The number of fused-ring (bicyclic) bond motifs is 3. The molecule has 3 saturated heterocycles. The molecule has 2 atom stereocenters. The van der Waals surface area contributed by atoms with E-state index in [1.54, 1.807) is 17.3 Å². The monoisotopic (exact) mass is 643 g/mol. The number of ether oxygens (including phenoxy) is 1. The molecular formula is C34H45N9O4. The summed E-state index contributed by atoms with van der Waals surface area (Å²) in [4.78, 5) is 53.5. The number of nitrogens with one attached hydrogen (secondary N) is 3. The smallest absolute Gasteiger partial charge is 0.413 e. The topological polar surface area (TPSA) is 139 Å². The quantitative estimate of drug-likeness (QED) is 0.386. The van der Waals surface area contributed by atoms with E-state index in [1.165, 1.54) is 0 Å². The van der Waals surface area contributed by atoms with E-state index in [4.69, 9.17) is 4.74 Å². The Kier molecular flexibility index (Phi) is 8.75. The van der Waals surface area contributed by atoms with Crippen LogP contribution in [-0.4, -0.2) is 124 Å². The molecule has 1 spiro atoms. The van der Waals surface area contributed by atoms with Gasteiger partial charge in [0.15, 0.2) is 0 Å². The Bertz CT molecular complexity index is 1630. The number of carbonyl (C=O) groups excluding carboxylic acids is 3. The van der Waals surface area contributed by atoms with Gasteiger partial charge in [-0.15, -0.1) is 0 Å². The molecule has 2 aromatic heterocycles. The molecule has 0 bridgehead atoms. The van der Waals surface area contributed by atoms with Crippen molar-refractivity contribution in [3.8, 4) is 0 Å². The largest absolute Gasteiger partial charge is 0.438 e. The minimum atomic E-state index is -0.846. The number of nitrogens with zero attached hydrogens (tertiary/aromatic N) is 6. The number of aryl methyl sites for hydroxylation is 1. The van der Waals surface area contributed by atoms with Gasteiger partial charge in [0.05, 0.1) is 11.7 Å². The van der Waals surface area contributed by atoms with Crippen molar-refractivity contribution >= 4 is 34.8 Å². The average Bonchev–Trinajstić information content (AvgIpc) is 3.46. The van der Waals surface area contributed by atoms with Crippen LogP contribution >= 0.6 is 0 Å². The van der Waals surface area contributed by atoms with E-state index in [1.807, 2.05) is 30.0 Å². The Morgan fingerprint density at radius 2 is 1.87 bits per heavy atom. The lowest BCUT2D eigenvalue weighted by Crippen LogP contribution is -2.59. The molecule has 0 aliphatic carbocycles. The van der Waals surface area contributed by atoms with Gasteiger partial charge in [-0.3, -0.25) is 20.1 Å². The van der Waals surface area contributed by atoms with E-state index in [9.17, 15) is 14.4 Å². The predicted octanol–water partition coefficient (Wildman–Crippen LogP) is 3.07. The van der Waals surface area contributed by atoms with Crippen molar-refractivity contribution in [2.24, 2.45) is 0 Å². The van der Waals surface area contributed by atoms with Crippen molar-refractivity contribution in [3.05, 3.63) is 53.3 Å². The Hall–Kier alpha value is -4.23. The van der Waals surface area contributed by atoms with Gasteiger partial charge < -0.3 is 24.8 Å². The third kappa shape index (κ3) is 6.51. The van der Waals surface area contributed by atoms with Crippen LogP contribution in [0.4, 0.5) is 15.4 Å². The Morgan fingerprint density at radius 1 is 1.06 bits per heavy atom. The van der Waals surface area contributed by atoms with Gasteiger partial charge in [0.2, 0.25) is 5.91 Å². The number of aromatic nitrogens is 3. The lowest BCUT2D eigenvalue weighted by atomic mass is 9.86. The predicted molar refractivity (Wildman–Crippen MR) is 177 cm³/mol. The number of likely N-dealkylation sites (tertiary alicyclic amines) is 2. The van der Waals surface area contributed by atoms with Gasteiger partial charge in [0, 0.05) is 75.3 Å². The Labute approximate surface area is 275 Å². The maximum absolute atomic E-state index is 14.2. The molecule has 3 N–H and O–H groups in total. The molecule has 3 aromatic rings. The standard InChI is InChI=1S/C34H45N9O4/c1-23-19-24(20-25-22-36-39-29(23)25)21-28(31(44)42-17-15-41(16-18-42)26-6-12-40(2)13-7-26)37-32(45)43-11-4-8-34(9-14-43)27-5-3-10-35-30(27)38-33(46)47-34/h3,5,10,19-20,22,26,28H,4,6-9,11-18,21H2,1-2H3,(H,36,39)(H,37,45)(H,35,38,46)/t28-,34-/m1/s1. The highest BCUT2D eigenvalue weighted by Crippen LogP contribution is 2.42. The second kappa shape index (κ2) is 13.1. The fraction of sp³-hybridized carbons (Fsp3) is 0.559. The molecular weight excluding hydrogens is 598 g/mol. The van der Waals surface area contributed by atoms with Gasteiger partial charge in [-0.2, -0.15) is 5.10 Å². The number of carbonyl (C=O) groups is 3. The molecule has 0 unspecified atom stereocenters.